The van der Waals surface area contributed by atoms with E-state index in [0.717, 1.165) is 63.1 Å². The van der Waals surface area contributed by atoms with Crippen molar-refractivity contribution in [2.45, 2.75) is 33.0 Å². The molecule has 0 radical (unpaired) electrons. The molecule has 1 aromatic carbocycles. The Morgan fingerprint density at radius 3 is 2.55 bits per heavy atom. The third-order valence-corrected chi connectivity index (χ3v) is 5.40. The van der Waals surface area contributed by atoms with Crippen LogP contribution in [0.1, 0.15) is 24.0 Å². The van der Waals surface area contributed by atoms with Crippen LogP contribution in [0.3, 0.4) is 0 Å². The lowest BCUT2D eigenvalue weighted by atomic mass is 10.2. The molecule has 1 aliphatic rings. The third kappa shape index (κ3) is 7.16. The van der Waals surface area contributed by atoms with Crippen LogP contribution in [-0.4, -0.2) is 78.8 Å². The molecule has 1 saturated heterocycles. The van der Waals surface area contributed by atoms with Crippen LogP contribution in [0.15, 0.2) is 40.8 Å². The van der Waals surface area contributed by atoms with E-state index < -0.39 is 6.10 Å². The van der Waals surface area contributed by atoms with Crippen LogP contribution in [-0.2, 0) is 13.1 Å². The zero-order chi connectivity index (χ0) is 20.6. The molecule has 6 nitrogen and oxygen atoms in total. The molecule has 1 atom stereocenters. The number of hydrogen-bond donors (Lipinski definition) is 1. The van der Waals surface area contributed by atoms with Crippen molar-refractivity contribution in [1.29, 1.82) is 0 Å². The number of ether oxygens (including phenoxy) is 1. The van der Waals surface area contributed by atoms with E-state index in [1.165, 1.54) is 5.56 Å². The number of aryl methyl sites for hydroxylation is 1. The van der Waals surface area contributed by atoms with Crippen molar-refractivity contribution in [3.05, 3.63) is 53.5 Å². The Balaban J connectivity index is 1.42. The Kier molecular flexibility index (Phi) is 8.12. The summed E-state index contributed by atoms with van der Waals surface area (Å²) >= 11 is 0. The summed E-state index contributed by atoms with van der Waals surface area (Å²) in [6.45, 7) is 12.0. The van der Waals surface area contributed by atoms with Crippen molar-refractivity contribution in [1.82, 2.24) is 14.7 Å². The van der Waals surface area contributed by atoms with Crippen molar-refractivity contribution < 1.29 is 14.3 Å². The summed E-state index contributed by atoms with van der Waals surface area (Å²) in [4.78, 5) is 6.97. The number of aliphatic hydroxyl groups excluding tert-OH is 1. The zero-order valence-electron chi connectivity index (χ0n) is 18.0. The first kappa shape index (κ1) is 21.8. The van der Waals surface area contributed by atoms with E-state index in [2.05, 4.69) is 40.8 Å². The molecule has 0 bridgehead atoms. The predicted octanol–water partition coefficient (Wildman–Crippen LogP) is 2.60. The summed E-state index contributed by atoms with van der Waals surface area (Å²) in [5.41, 5.74) is 1.18. The monoisotopic (exact) mass is 401 g/mol. The van der Waals surface area contributed by atoms with Crippen molar-refractivity contribution >= 4 is 0 Å². The first-order valence-corrected chi connectivity index (χ1v) is 10.6. The molecular formula is C23H35N3O3. The second kappa shape index (κ2) is 10.8. The number of piperazine rings is 1. The second-order valence-corrected chi connectivity index (χ2v) is 8.03. The molecule has 29 heavy (non-hydrogen) atoms. The fourth-order valence-electron chi connectivity index (χ4n) is 3.77. The second-order valence-electron chi connectivity index (χ2n) is 8.03. The number of likely N-dealkylation sites (N-methyl/N-ethyl adjacent to an activating group) is 1. The minimum absolute atomic E-state index is 0.318. The molecule has 1 aliphatic heterocycles. The van der Waals surface area contributed by atoms with E-state index >= 15 is 0 Å². The molecule has 0 saturated carbocycles. The van der Waals surface area contributed by atoms with Crippen LogP contribution in [0.5, 0.6) is 5.75 Å². The number of furan rings is 1. The maximum atomic E-state index is 10.4. The SMILES string of the molecule is CCN1CCN(C[C@@H](O)COc2cccc(CN(C)Cc3ccc(C)o3)c2)CC1. The standard InChI is InChI=1S/C23H35N3O3/c1-4-25-10-12-26(13-11-25)16-21(27)18-28-22-7-5-6-20(14-22)15-24(3)17-23-9-8-19(2)29-23/h5-9,14,21,27H,4,10-13,15-18H2,1-3H3/t21-/m1/s1. The molecule has 6 heteroatoms. The van der Waals surface area contributed by atoms with E-state index in [1.807, 2.05) is 31.2 Å². The Morgan fingerprint density at radius 2 is 1.86 bits per heavy atom. The van der Waals surface area contributed by atoms with Gasteiger partial charge in [0.15, 0.2) is 0 Å². The topological polar surface area (TPSA) is 52.3 Å². The van der Waals surface area contributed by atoms with E-state index in [-0.39, 0.29) is 0 Å². The number of benzene rings is 1. The van der Waals surface area contributed by atoms with Crippen LogP contribution in [0.2, 0.25) is 0 Å². The van der Waals surface area contributed by atoms with Crippen molar-refractivity contribution in [3.63, 3.8) is 0 Å². The largest absolute Gasteiger partial charge is 0.491 e. The lowest BCUT2D eigenvalue weighted by Crippen LogP contribution is -2.49. The molecule has 2 heterocycles. The van der Waals surface area contributed by atoms with Crippen LogP contribution < -0.4 is 4.74 Å². The Bertz CT molecular complexity index is 740. The minimum Gasteiger partial charge on any atom is -0.491 e. The van der Waals surface area contributed by atoms with Gasteiger partial charge in [-0.25, -0.2) is 0 Å². The Labute approximate surface area is 174 Å². The number of rotatable bonds is 10. The normalized spacial score (nSPS) is 17.0. The van der Waals surface area contributed by atoms with Gasteiger partial charge >= 0.3 is 0 Å². The van der Waals surface area contributed by atoms with Crippen LogP contribution >= 0.6 is 0 Å². The summed E-state index contributed by atoms with van der Waals surface area (Å²) < 4.78 is 11.5. The maximum absolute atomic E-state index is 10.4. The smallest absolute Gasteiger partial charge is 0.119 e. The fraction of sp³-hybridized carbons (Fsp3) is 0.565. The van der Waals surface area contributed by atoms with E-state index in [9.17, 15) is 5.11 Å². The minimum atomic E-state index is -0.475. The van der Waals surface area contributed by atoms with Gasteiger partial charge < -0.3 is 19.2 Å². The first-order valence-electron chi connectivity index (χ1n) is 10.6. The van der Waals surface area contributed by atoms with Crippen LogP contribution in [0.4, 0.5) is 0 Å². The number of β-amino-alcohol motifs (C(OH)–C–C–N with tert-alkyl or cyclic N) is 1. The first-order chi connectivity index (χ1) is 14.0. The summed E-state index contributed by atoms with van der Waals surface area (Å²) in [5.74, 6) is 2.72. The van der Waals surface area contributed by atoms with Crippen LogP contribution in [0.25, 0.3) is 0 Å². The molecule has 0 aliphatic carbocycles. The summed E-state index contributed by atoms with van der Waals surface area (Å²) in [6, 6.07) is 12.1. The van der Waals surface area contributed by atoms with E-state index in [1.54, 1.807) is 0 Å². The molecular weight excluding hydrogens is 366 g/mol. The maximum Gasteiger partial charge on any atom is 0.119 e. The quantitative estimate of drug-likeness (QED) is 0.661. The van der Waals surface area contributed by atoms with Gasteiger partial charge in [0.2, 0.25) is 0 Å². The Morgan fingerprint density at radius 1 is 1.10 bits per heavy atom. The van der Waals surface area contributed by atoms with Gasteiger partial charge in [0, 0.05) is 39.3 Å². The number of aliphatic hydroxyl groups is 1. The zero-order valence-corrected chi connectivity index (χ0v) is 18.0. The molecule has 1 fully saturated rings. The van der Waals surface area contributed by atoms with E-state index in [0.29, 0.717) is 13.2 Å². The van der Waals surface area contributed by atoms with Crippen molar-refractivity contribution in [2.24, 2.45) is 0 Å². The number of nitrogens with zero attached hydrogens (tertiary/aromatic N) is 3. The average Bonchev–Trinajstić information content (AvgIpc) is 3.11. The van der Waals surface area contributed by atoms with Gasteiger partial charge in [-0.15, -0.1) is 0 Å². The molecule has 3 rings (SSSR count). The number of hydrogen-bond acceptors (Lipinski definition) is 6. The van der Waals surface area contributed by atoms with Gasteiger partial charge in [-0.1, -0.05) is 19.1 Å². The molecule has 2 aromatic rings. The summed E-state index contributed by atoms with van der Waals surface area (Å²) in [7, 11) is 2.08. The van der Waals surface area contributed by atoms with Gasteiger partial charge in [0.25, 0.3) is 0 Å². The molecule has 0 spiro atoms. The highest BCUT2D eigenvalue weighted by atomic mass is 16.5. The van der Waals surface area contributed by atoms with Gasteiger partial charge in [0.1, 0.15) is 30.0 Å². The predicted molar refractivity (Wildman–Crippen MR) is 115 cm³/mol. The highest BCUT2D eigenvalue weighted by Crippen LogP contribution is 2.17. The molecule has 160 valence electrons. The van der Waals surface area contributed by atoms with Crippen molar-refractivity contribution in [2.75, 3.05) is 52.9 Å². The highest BCUT2D eigenvalue weighted by molar-refractivity contribution is 5.28. The third-order valence-electron chi connectivity index (χ3n) is 5.40. The summed E-state index contributed by atoms with van der Waals surface area (Å²) in [6.07, 6.45) is -0.475. The Hall–Kier alpha value is -1.86. The van der Waals surface area contributed by atoms with Crippen molar-refractivity contribution in [3.8, 4) is 5.75 Å². The lowest BCUT2D eigenvalue weighted by molar-refractivity contribution is 0.0470. The molecule has 1 aromatic heterocycles. The van der Waals surface area contributed by atoms with Gasteiger partial charge in [-0.3, -0.25) is 9.80 Å². The van der Waals surface area contributed by atoms with Crippen LogP contribution in [0, 0.1) is 6.92 Å². The van der Waals surface area contributed by atoms with Gasteiger partial charge in [-0.05, 0) is 50.3 Å². The van der Waals surface area contributed by atoms with Gasteiger partial charge in [-0.2, -0.15) is 0 Å². The average molecular weight is 402 g/mol. The summed E-state index contributed by atoms with van der Waals surface area (Å²) in [5, 5.41) is 10.4. The van der Waals surface area contributed by atoms with Gasteiger partial charge in [0.05, 0.1) is 6.54 Å². The molecule has 0 unspecified atom stereocenters. The van der Waals surface area contributed by atoms with E-state index in [4.69, 9.17) is 9.15 Å². The molecule has 0 amide bonds. The fourth-order valence-corrected chi connectivity index (χ4v) is 3.77. The lowest BCUT2D eigenvalue weighted by Gasteiger charge is -2.34. The molecule has 1 N–H and O–H groups in total. The highest BCUT2D eigenvalue weighted by Gasteiger charge is 2.18.